The van der Waals surface area contributed by atoms with Gasteiger partial charge in [-0.3, -0.25) is 9.59 Å². The van der Waals surface area contributed by atoms with Crippen molar-refractivity contribution in [3.63, 3.8) is 0 Å². The summed E-state index contributed by atoms with van der Waals surface area (Å²) in [6.45, 7) is 6.05. The van der Waals surface area contributed by atoms with E-state index in [9.17, 15) is 4.79 Å². The number of hydrogen-bond acceptors (Lipinski definition) is 6. The van der Waals surface area contributed by atoms with Crippen LogP contribution < -0.4 is 5.32 Å². The van der Waals surface area contributed by atoms with Crippen molar-refractivity contribution in [2.24, 2.45) is 5.92 Å². The average Bonchev–Trinajstić information content (AvgIpc) is 3.15. The largest absolute Gasteiger partial charge is 0.483 e. The maximum atomic E-state index is 13.4. The van der Waals surface area contributed by atoms with Gasteiger partial charge >= 0.3 is 0 Å². The summed E-state index contributed by atoms with van der Waals surface area (Å²) in [6.07, 6.45) is 1.49. The number of carbonyl (C=O) groups is 2. The highest BCUT2D eigenvalue weighted by atomic mass is 16.3. The van der Waals surface area contributed by atoms with Crippen LogP contribution in [0.2, 0.25) is 0 Å². The molecule has 4 aliphatic rings. The summed E-state index contributed by atoms with van der Waals surface area (Å²) in [5, 5.41) is 14.6. The first-order chi connectivity index (χ1) is 15.6. The Hall–Kier alpha value is -3.30. The normalized spacial score (nSPS) is 30.2. The summed E-state index contributed by atoms with van der Waals surface area (Å²) in [5.41, 5.74) is 2.46. The fraction of sp³-hybridized carbons (Fsp3) is 0.391. The van der Waals surface area contributed by atoms with Crippen LogP contribution in [-0.2, 0) is 10.2 Å². The van der Waals surface area contributed by atoms with Gasteiger partial charge in [-0.1, -0.05) is 36.4 Å². The van der Waals surface area contributed by atoms with Crippen molar-refractivity contribution in [2.45, 2.75) is 11.5 Å². The van der Waals surface area contributed by atoms with E-state index in [1.165, 1.54) is 11.9 Å². The van der Waals surface area contributed by atoms with E-state index in [0.717, 1.165) is 39.3 Å². The van der Waals surface area contributed by atoms with Gasteiger partial charge in [0.25, 0.3) is 12.4 Å². The third-order valence-corrected chi connectivity index (χ3v) is 6.97. The van der Waals surface area contributed by atoms with Crippen molar-refractivity contribution in [3.8, 4) is 0 Å². The van der Waals surface area contributed by atoms with Gasteiger partial charge in [-0.2, -0.15) is 5.10 Å². The molecule has 0 radical (unpaired) electrons. The van der Waals surface area contributed by atoms with E-state index in [0.29, 0.717) is 17.3 Å². The molecule has 4 fully saturated rings. The van der Waals surface area contributed by atoms with Gasteiger partial charge in [0.2, 0.25) is 0 Å². The summed E-state index contributed by atoms with van der Waals surface area (Å²) >= 11 is 0. The monoisotopic (exact) mass is 434 g/mol. The lowest BCUT2D eigenvalue weighted by Gasteiger charge is -2.55. The van der Waals surface area contributed by atoms with Crippen LogP contribution >= 0.6 is 0 Å². The van der Waals surface area contributed by atoms with E-state index in [1.54, 1.807) is 4.52 Å². The molecule has 9 heteroatoms. The minimum absolute atomic E-state index is 0.0717. The Balaban J connectivity index is 0.000000684. The number of benzene rings is 1. The standard InChI is InChI=1S/C22H24N6O.CH2O2/c29-21(18-7-4-8-19-23-15-24-28(18)19)25-20-16-11-26-9-10-27(12-16)14-22(20,13-26)17-5-2-1-3-6-17;2-1-3/h1-8,15-16,20H,9-14H2,(H,25,29);1H,(H,2,3). The number of amides is 1. The van der Waals surface area contributed by atoms with Crippen molar-refractivity contribution in [1.29, 1.82) is 0 Å². The molecule has 2 aromatic heterocycles. The third kappa shape index (κ3) is 3.43. The van der Waals surface area contributed by atoms with Gasteiger partial charge in [0, 0.05) is 56.6 Å². The Morgan fingerprint density at radius 2 is 1.75 bits per heavy atom. The van der Waals surface area contributed by atoms with E-state index in [1.807, 2.05) is 18.2 Å². The van der Waals surface area contributed by atoms with Crippen LogP contribution in [0.1, 0.15) is 16.1 Å². The van der Waals surface area contributed by atoms with Gasteiger partial charge in [-0.05, 0) is 17.7 Å². The van der Waals surface area contributed by atoms with Crippen molar-refractivity contribution >= 4 is 18.0 Å². The first-order valence-corrected chi connectivity index (χ1v) is 10.8. The van der Waals surface area contributed by atoms with Crippen LogP contribution in [0.3, 0.4) is 0 Å². The van der Waals surface area contributed by atoms with Crippen molar-refractivity contribution in [2.75, 3.05) is 39.3 Å². The molecule has 3 aromatic rings. The van der Waals surface area contributed by atoms with Gasteiger partial charge < -0.3 is 20.2 Å². The molecule has 6 heterocycles. The summed E-state index contributed by atoms with van der Waals surface area (Å²) < 4.78 is 1.62. The number of rotatable bonds is 3. The summed E-state index contributed by atoms with van der Waals surface area (Å²) in [5.74, 6) is 0.344. The van der Waals surface area contributed by atoms with Crippen molar-refractivity contribution < 1.29 is 14.7 Å². The highest BCUT2D eigenvalue weighted by Gasteiger charge is 2.55. The molecule has 4 bridgehead atoms. The van der Waals surface area contributed by atoms with Crippen LogP contribution in [0.25, 0.3) is 5.65 Å². The fourth-order valence-electron chi connectivity index (χ4n) is 5.80. The molecule has 4 saturated heterocycles. The van der Waals surface area contributed by atoms with Gasteiger partial charge in [-0.25, -0.2) is 9.50 Å². The zero-order valence-electron chi connectivity index (χ0n) is 17.7. The number of fused-ring (bicyclic) bond motifs is 2. The summed E-state index contributed by atoms with van der Waals surface area (Å²) in [7, 11) is 0. The van der Waals surface area contributed by atoms with Gasteiger partial charge in [0.15, 0.2) is 5.65 Å². The lowest BCUT2D eigenvalue weighted by atomic mass is 9.64. The number of aromatic nitrogens is 3. The highest BCUT2D eigenvalue weighted by molar-refractivity contribution is 5.93. The third-order valence-electron chi connectivity index (χ3n) is 6.97. The Morgan fingerprint density at radius 1 is 1.06 bits per heavy atom. The van der Waals surface area contributed by atoms with Crippen LogP contribution in [0.5, 0.6) is 0 Å². The van der Waals surface area contributed by atoms with E-state index in [4.69, 9.17) is 9.90 Å². The quantitative estimate of drug-likeness (QED) is 0.586. The van der Waals surface area contributed by atoms with Gasteiger partial charge in [-0.15, -0.1) is 0 Å². The number of carboxylic acid groups (broad SMARTS) is 1. The number of piperidine rings is 2. The Labute approximate surface area is 185 Å². The second-order valence-corrected chi connectivity index (χ2v) is 8.75. The fourth-order valence-corrected chi connectivity index (χ4v) is 5.80. The first kappa shape index (κ1) is 20.6. The van der Waals surface area contributed by atoms with E-state index in [2.05, 4.69) is 55.5 Å². The minimum atomic E-state index is -0.250. The summed E-state index contributed by atoms with van der Waals surface area (Å²) in [6, 6.07) is 16.4. The smallest absolute Gasteiger partial charge is 0.290 e. The molecule has 4 aliphatic heterocycles. The van der Waals surface area contributed by atoms with E-state index >= 15 is 0 Å². The second kappa shape index (κ2) is 8.33. The van der Waals surface area contributed by atoms with Crippen molar-refractivity contribution in [1.82, 2.24) is 29.7 Å². The van der Waals surface area contributed by atoms with Crippen LogP contribution in [0.15, 0.2) is 54.9 Å². The maximum Gasteiger partial charge on any atom is 0.290 e. The zero-order valence-corrected chi connectivity index (χ0v) is 17.7. The van der Waals surface area contributed by atoms with Gasteiger partial charge in [0.1, 0.15) is 12.0 Å². The van der Waals surface area contributed by atoms with Crippen LogP contribution in [0, 0.1) is 5.92 Å². The molecule has 0 aliphatic carbocycles. The van der Waals surface area contributed by atoms with Crippen molar-refractivity contribution in [3.05, 3.63) is 66.1 Å². The van der Waals surface area contributed by atoms with Crippen LogP contribution in [-0.4, -0.2) is 87.2 Å². The number of pyridine rings is 1. The summed E-state index contributed by atoms with van der Waals surface area (Å²) in [4.78, 5) is 31.1. The average molecular weight is 435 g/mol. The Bertz CT molecular complexity index is 1100. The highest BCUT2D eigenvalue weighted by Crippen LogP contribution is 2.43. The lowest BCUT2D eigenvalue weighted by Crippen LogP contribution is -2.70. The SMILES string of the molecule is O=C(NC1C2CN3CCN(C2)CC1(c1ccccc1)C3)c1cccc2ncnn12.O=CO. The molecule has 1 amide bonds. The zero-order chi connectivity index (χ0) is 22.1. The van der Waals surface area contributed by atoms with E-state index in [-0.39, 0.29) is 23.8 Å². The number of nitrogens with one attached hydrogen (secondary N) is 1. The molecular weight excluding hydrogens is 408 g/mol. The molecule has 3 unspecified atom stereocenters. The molecule has 0 saturated carbocycles. The van der Waals surface area contributed by atoms with Crippen LogP contribution in [0.4, 0.5) is 0 Å². The molecule has 1 aromatic carbocycles. The maximum absolute atomic E-state index is 13.4. The molecule has 3 atom stereocenters. The minimum Gasteiger partial charge on any atom is -0.483 e. The molecule has 7 rings (SSSR count). The number of carbonyl (C=O) groups excluding carboxylic acids is 1. The molecule has 2 N–H and O–H groups in total. The predicted molar refractivity (Wildman–Crippen MR) is 117 cm³/mol. The Morgan fingerprint density at radius 3 is 2.44 bits per heavy atom. The van der Waals surface area contributed by atoms with E-state index < -0.39 is 0 Å². The van der Waals surface area contributed by atoms with Gasteiger partial charge in [0.05, 0.1) is 0 Å². The second-order valence-electron chi connectivity index (χ2n) is 8.75. The number of nitrogens with zero attached hydrogens (tertiary/aromatic N) is 5. The first-order valence-electron chi connectivity index (χ1n) is 10.8. The predicted octanol–water partition coefficient (Wildman–Crippen LogP) is 0.728. The molecule has 0 spiro atoms. The molecule has 9 nitrogen and oxygen atoms in total. The Kier molecular flexibility index (Phi) is 5.36. The number of hydrogen-bond donors (Lipinski definition) is 2. The lowest BCUT2D eigenvalue weighted by molar-refractivity contribution is -0.122. The topological polar surface area (TPSA) is 103 Å². The molecule has 32 heavy (non-hydrogen) atoms. The molecular formula is C23H26N6O3. The molecule has 166 valence electrons.